The molecule has 4 rings (SSSR count). The lowest BCUT2D eigenvalue weighted by Gasteiger charge is -2.18. The summed E-state index contributed by atoms with van der Waals surface area (Å²) in [6, 6.07) is 13.4. The molecule has 1 aliphatic carbocycles. The first kappa shape index (κ1) is 14.9. The molecule has 1 heterocycles. The Morgan fingerprint density at radius 2 is 1.92 bits per heavy atom. The van der Waals surface area contributed by atoms with Crippen LogP contribution in [0.15, 0.2) is 42.5 Å². The predicted molar refractivity (Wildman–Crippen MR) is 89.9 cm³/mol. The van der Waals surface area contributed by atoms with Crippen molar-refractivity contribution in [1.29, 1.82) is 0 Å². The van der Waals surface area contributed by atoms with Gasteiger partial charge >= 0.3 is 0 Å². The van der Waals surface area contributed by atoms with Crippen LogP contribution in [0.1, 0.15) is 17.9 Å². The number of ether oxygens (including phenoxy) is 3. The minimum absolute atomic E-state index is 0.0162. The fourth-order valence-corrected chi connectivity index (χ4v) is 3.12. The molecule has 0 unspecified atom stereocenters. The monoisotopic (exact) mass is 325 g/mol. The van der Waals surface area contributed by atoms with E-state index < -0.39 is 0 Å². The Bertz CT molecular complexity index is 774. The number of hydrogen-bond acceptors (Lipinski definition) is 4. The Kier molecular flexibility index (Phi) is 3.76. The fraction of sp³-hybridized carbons (Fsp3) is 0.316. The van der Waals surface area contributed by atoms with Gasteiger partial charge in [-0.15, -0.1) is 0 Å². The zero-order valence-corrected chi connectivity index (χ0v) is 13.5. The van der Waals surface area contributed by atoms with Crippen molar-refractivity contribution in [3.05, 3.63) is 48.0 Å². The van der Waals surface area contributed by atoms with Crippen molar-refractivity contribution in [2.45, 2.75) is 12.3 Å². The number of benzene rings is 2. The van der Waals surface area contributed by atoms with Crippen molar-refractivity contribution in [3.8, 4) is 17.2 Å². The van der Waals surface area contributed by atoms with Crippen molar-refractivity contribution in [3.63, 3.8) is 0 Å². The van der Waals surface area contributed by atoms with Gasteiger partial charge in [-0.05, 0) is 42.2 Å². The molecule has 0 saturated heterocycles. The largest absolute Gasteiger partial charge is 0.495 e. The van der Waals surface area contributed by atoms with E-state index >= 15 is 0 Å². The number of rotatable bonds is 4. The average Bonchev–Trinajstić information content (AvgIpc) is 3.43. The van der Waals surface area contributed by atoms with E-state index in [0.717, 1.165) is 23.5 Å². The van der Waals surface area contributed by atoms with Gasteiger partial charge in [0.05, 0.1) is 12.8 Å². The summed E-state index contributed by atoms with van der Waals surface area (Å²) < 4.78 is 16.4. The number of fused-ring (bicyclic) bond motifs is 1. The summed E-state index contributed by atoms with van der Waals surface area (Å²) in [6.07, 6.45) is 0.848. The highest BCUT2D eigenvalue weighted by Gasteiger charge is 2.44. The maximum atomic E-state index is 12.5. The van der Waals surface area contributed by atoms with E-state index in [-0.39, 0.29) is 17.7 Å². The molecular weight excluding hydrogens is 306 g/mol. The standard InChI is InChI=1S/C19H19NO4/c1-22-16-5-3-2-4-15(16)20-19(21)14-11-13(14)12-6-7-17-18(10-12)24-9-8-23-17/h2-7,10,13-14H,8-9,11H2,1H3,(H,20,21)/t13-,14+/m0/s1. The maximum absolute atomic E-state index is 12.5. The highest BCUT2D eigenvalue weighted by molar-refractivity contribution is 5.96. The van der Waals surface area contributed by atoms with Gasteiger partial charge in [-0.3, -0.25) is 4.79 Å². The fourth-order valence-electron chi connectivity index (χ4n) is 3.12. The van der Waals surface area contributed by atoms with Crippen LogP contribution < -0.4 is 19.5 Å². The van der Waals surface area contributed by atoms with Gasteiger partial charge in [-0.2, -0.15) is 0 Å². The van der Waals surface area contributed by atoms with Crippen LogP contribution in [0.3, 0.4) is 0 Å². The molecule has 0 bridgehead atoms. The Hall–Kier alpha value is -2.69. The van der Waals surface area contributed by atoms with Gasteiger partial charge in [-0.25, -0.2) is 0 Å². The van der Waals surface area contributed by atoms with Crippen LogP contribution in [-0.2, 0) is 4.79 Å². The molecule has 1 fully saturated rings. The van der Waals surface area contributed by atoms with Crippen LogP contribution in [0.5, 0.6) is 17.2 Å². The first-order valence-electron chi connectivity index (χ1n) is 8.09. The summed E-state index contributed by atoms with van der Waals surface area (Å²) in [5, 5.41) is 2.97. The van der Waals surface area contributed by atoms with Gasteiger partial charge < -0.3 is 19.5 Å². The lowest BCUT2D eigenvalue weighted by molar-refractivity contribution is -0.117. The van der Waals surface area contributed by atoms with Crippen molar-refractivity contribution in [1.82, 2.24) is 0 Å². The van der Waals surface area contributed by atoms with Gasteiger partial charge in [0.25, 0.3) is 0 Å². The molecule has 0 spiro atoms. The smallest absolute Gasteiger partial charge is 0.228 e. The molecule has 0 aromatic heterocycles. The summed E-state index contributed by atoms with van der Waals surface area (Å²) in [5.74, 6) is 2.46. The van der Waals surface area contributed by atoms with Gasteiger partial charge in [0.15, 0.2) is 11.5 Å². The topological polar surface area (TPSA) is 56.8 Å². The molecule has 124 valence electrons. The van der Waals surface area contributed by atoms with Gasteiger partial charge in [0.1, 0.15) is 19.0 Å². The van der Waals surface area contributed by atoms with E-state index in [1.165, 1.54) is 0 Å². The third-order valence-corrected chi connectivity index (χ3v) is 4.49. The Morgan fingerprint density at radius 3 is 2.75 bits per heavy atom. The zero-order chi connectivity index (χ0) is 16.5. The van der Waals surface area contributed by atoms with E-state index in [4.69, 9.17) is 14.2 Å². The second-order valence-electron chi connectivity index (χ2n) is 6.04. The highest BCUT2D eigenvalue weighted by atomic mass is 16.6. The van der Waals surface area contributed by atoms with Crippen molar-refractivity contribution < 1.29 is 19.0 Å². The Balaban J connectivity index is 1.45. The minimum atomic E-state index is -0.0162. The lowest BCUT2D eigenvalue weighted by atomic mass is 10.1. The molecule has 1 aliphatic heterocycles. The maximum Gasteiger partial charge on any atom is 0.228 e. The Labute approximate surface area is 140 Å². The van der Waals surface area contributed by atoms with Crippen molar-refractivity contribution >= 4 is 11.6 Å². The van der Waals surface area contributed by atoms with Gasteiger partial charge in [0, 0.05) is 5.92 Å². The first-order chi connectivity index (χ1) is 11.8. The molecule has 0 radical (unpaired) electrons. The molecule has 5 heteroatoms. The SMILES string of the molecule is COc1ccccc1NC(=O)[C@@H]1C[C@H]1c1ccc2c(c1)OCCO2. The summed E-state index contributed by atoms with van der Waals surface area (Å²) in [4.78, 5) is 12.5. The highest BCUT2D eigenvalue weighted by Crippen LogP contribution is 2.50. The number of nitrogens with one attached hydrogen (secondary N) is 1. The van der Waals surface area contributed by atoms with Crippen LogP contribution in [0, 0.1) is 5.92 Å². The molecular formula is C19H19NO4. The number of para-hydroxylation sites is 2. The van der Waals surface area contributed by atoms with Crippen molar-refractivity contribution in [2.24, 2.45) is 5.92 Å². The number of amides is 1. The van der Waals surface area contributed by atoms with Crippen LogP contribution in [0.4, 0.5) is 5.69 Å². The molecule has 1 N–H and O–H groups in total. The van der Waals surface area contributed by atoms with E-state index in [0.29, 0.717) is 24.7 Å². The van der Waals surface area contributed by atoms with Gasteiger partial charge in [0.2, 0.25) is 5.91 Å². The van der Waals surface area contributed by atoms with E-state index in [2.05, 4.69) is 5.32 Å². The van der Waals surface area contributed by atoms with E-state index in [1.54, 1.807) is 7.11 Å². The number of hydrogen-bond donors (Lipinski definition) is 1. The van der Waals surface area contributed by atoms with Crippen molar-refractivity contribution in [2.75, 3.05) is 25.6 Å². The number of methoxy groups -OCH3 is 1. The van der Waals surface area contributed by atoms with Crippen LogP contribution in [-0.4, -0.2) is 26.2 Å². The molecule has 1 amide bonds. The lowest BCUT2D eigenvalue weighted by Crippen LogP contribution is -2.16. The summed E-state index contributed by atoms with van der Waals surface area (Å²) in [6.45, 7) is 1.15. The minimum Gasteiger partial charge on any atom is -0.495 e. The summed E-state index contributed by atoms with van der Waals surface area (Å²) in [7, 11) is 1.60. The third kappa shape index (κ3) is 2.77. The molecule has 2 atom stereocenters. The zero-order valence-electron chi connectivity index (χ0n) is 13.5. The third-order valence-electron chi connectivity index (χ3n) is 4.49. The number of anilines is 1. The molecule has 5 nitrogen and oxygen atoms in total. The molecule has 2 aromatic rings. The Morgan fingerprint density at radius 1 is 1.12 bits per heavy atom. The second kappa shape index (κ2) is 6.07. The molecule has 2 aliphatic rings. The second-order valence-corrected chi connectivity index (χ2v) is 6.04. The normalized spacial score (nSPS) is 21.0. The molecule has 1 saturated carbocycles. The van der Waals surface area contributed by atoms with E-state index in [1.807, 2.05) is 42.5 Å². The van der Waals surface area contributed by atoms with Gasteiger partial charge in [-0.1, -0.05) is 18.2 Å². The average molecular weight is 325 g/mol. The van der Waals surface area contributed by atoms with Crippen LogP contribution in [0.2, 0.25) is 0 Å². The quantitative estimate of drug-likeness (QED) is 0.938. The van der Waals surface area contributed by atoms with Crippen LogP contribution >= 0.6 is 0 Å². The number of carbonyl (C=O) groups excluding carboxylic acids is 1. The molecule has 24 heavy (non-hydrogen) atoms. The number of carbonyl (C=O) groups is 1. The van der Waals surface area contributed by atoms with E-state index in [9.17, 15) is 4.79 Å². The summed E-state index contributed by atoms with van der Waals surface area (Å²) in [5.41, 5.74) is 1.83. The molecule has 2 aromatic carbocycles. The summed E-state index contributed by atoms with van der Waals surface area (Å²) >= 11 is 0. The van der Waals surface area contributed by atoms with Crippen LogP contribution in [0.25, 0.3) is 0 Å². The predicted octanol–water partition coefficient (Wildman–Crippen LogP) is 3.21. The first-order valence-corrected chi connectivity index (χ1v) is 8.09.